The summed E-state index contributed by atoms with van der Waals surface area (Å²) in [6.45, 7) is 5.74. The molecule has 186 valence electrons. The molecule has 5 rings (SSSR count). The third kappa shape index (κ3) is 5.43. The highest BCUT2D eigenvalue weighted by Crippen LogP contribution is 2.41. The number of hydrogen-bond donors (Lipinski definition) is 0. The Morgan fingerprint density at radius 2 is 1.66 bits per heavy atom. The molecule has 3 aliphatic heterocycles. The predicted molar refractivity (Wildman–Crippen MR) is 145 cm³/mol. The standard InChI is InChI=1S/C27H33N3O3S2/c1-19(2)26(31)28-27-30(24-17-35(32,33)18-25(24)34-27)23-10-8-22(9-11-23)29-14-12-21(13-15-29)16-20-6-4-3-5-7-20/h3-11,19,21,24-25H,12-18H2,1-2H3/t24-,25+/m0/s1. The molecule has 0 unspecified atom stereocenters. The van der Waals surface area contributed by atoms with Gasteiger partial charge < -0.3 is 9.80 Å². The number of amides is 1. The monoisotopic (exact) mass is 511 g/mol. The number of anilines is 2. The number of rotatable bonds is 5. The molecule has 1 amide bonds. The Kier molecular flexibility index (Phi) is 6.95. The normalized spacial score (nSPS) is 25.4. The molecule has 0 radical (unpaired) electrons. The molecule has 3 saturated heterocycles. The van der Waals surface area contributed by atoms with Gasteiger partial charge in [0.1, 0.15) is 0 Å². The van der Waals surface area contributed by atoms with E-state index < -0.39 is 9.84 Å². The average Bonchev–Trinajstić information content (AvgIpc) is 3.31. The van der Waals surface area contributed by atoms with Crippen LogP contribution < -0.4 is 9.80 Å². The first-order valence-electron chi connectivity index (χ1n) is 12.5. The number of nitrogens with zero attached hydrogens (tertiary/aromatic N) is 3. The van der Waals surface area contributed by atoms with Crippen LogP contribution in [0, 0.1) is 11.8 Å². The van der Waals surface area contributed by atoms with E-state index in [2.05, 4.69) is 64.5 Å². The van der Waals surface area contributed by atoms with Crippen molar-refractivity contribution in [2.45, 2.75) is 44.4 Å². The van der Waals surface area contributed by atoms with Gasteiger partial charge in [0, 0.05) is 35.6 Å². The van der Waals surface area contributed by atoms with Crippen LogP contribution in [0.2, 0.25) is 0 Å². The van der Waals surface area contributed by atoms with Gasteiger partial charge in [0.2, 0.25) is 0 Å². The summed E-state index contributed by atoms with van der Waals surface area (Å²) in [6, 6.07) is 18.9. The summed E-state index contributed by atoms with van der Waals surface area (Å²) < 4.78 is 24.6. The highest BCUT2D eigenvalue weighted by atomic mass is 32.2. The zero-order valence-electron chi connectivity index (χ0n) is 20.3. The Labute approximate surface area is 212 Å². The van der Waals surface area contributed by atoms with Gasteiger partial charge in [-0.1, -0.05) is 55.9 Å². The molecule has 8 heteroatoms. The van der Waals surface area contributed by atoms with E-state index >= 15 is 0 Å². The van der Waals surface area contributed by atoms with Gasteiger partial charge in [-0.15, -0.1) is 0 Å². The third-order valence-corrected chi connectivity index (χ3v) is 10.5. The SMILES string of the molecule is CC(C)C(=O)N=C1S[C@@H]2CS(=O)(=O)C[C@@H]2N1c1ccc(N2CCC(Cc3ccccc3)CC2)cc1. The topological polar surface area (TPSA) is 70.0 Å². The minimum absolute atomic E-state index is 0.0815. The van der Waals surface area contributed by atoms with E-state index in [9.17, 15) is 13.2 Å². The second-order valence-corrected chi connectivity index (χ2v) is 13.6. The maximum atomic E-state index is 12.4. The summed E-state index contributed by atoms with van der Waals surface area (Å²) in [4.78, 5) is 21.2. The molecular formula is C27H33N3O3S2. The summed E-state index contributed by atoms with van der Waals surface area (Å²) in [6.07, 6.45) is 3.49. The fourth-order valence-electron chi connectivity index (χ4n) is 5.26. The number of hydrogen-bond acceptors (Lipinski definition) is 5. The highest BCUT2D eigenvalue weighted by molar-refractivity contribution is 8.16. The molecule has 2 atom stereocenters. The number of aliphatic imine (C=N–C) groups is 1. The fraction of sp³-hybridized carbons (Fsp3) is 0.481. The van der Waals surface area contributed by atoms with Crippen LogP contribution in [-0.2, 0) is 21.1 Å². The van der Waals surface area contributed by atoms with Gasteiger partial charge >= 0.3 is 0 Å². The number of carbonyl (C=O) groups excluding carboxylic acids is 1. The molecule has 2 aromatic carbocycles. The summed E-state index contributed by atoms with van der Waals surface area (Å²) in [5.41, 5.74) is 3.51. The minimum atomic E-state index is -3.08. The van der Waals surface area contributed by atoms with E-state index in [1.165, 1.54) is 35.9 Å². The molecule has 6 nitrogen and oxygen atoms in total. The molecule has 0 saturated carbocycles. The van der Waals surface area contributed by atoms with E-state index in [4.69, 9.17) is 0 Å². The molecule has 3 heterocycles. The number of piperidine rings is 1. The van der Waals surface area contributed by atoms with E-state index in [-0.39, 0.29) is 34.6 Å². The van der Waals surface area contributed by atoms with Crippen molar-refractivity contribution in [1.82, 2.24) is 0 Å². The lowest BCUT2D eigenvalue weighted by molar-refractivity contribution is -0.120. The lowest BCUT2D eigenvalue weighted by Gasteiger charge is -2.34. The number of fused-ring (bicyclic) bond motifs is 1. The van der Waals surface area contributed by atoms with Gasteiger partial charge in [-0.2, -0.15) is 4.99 Å². The van der Waals surface area contributed by atoms with Crippen molar-refractivity contribution in [3.8, 4) is 0 Å². The van der Waals surface area contributed by atoms with E-state index in [0.29, 0.717) is 11.1 Å². The summed E-state index contributed by atoms with van der Waals surface area (Å²) >= 11 is 1.43. The number of sulfone groups is 1. The molecule has 0 bridgehead atoms. The maximum absolute atomic E-state index is 12.4. The zero-order chi connectivity index (χ0) is 24.6. The molecule has 0 N–H and O–H groups in total. The molecule has 35 heavy (non-hydrogen) atoms. The van der Waals surface area contributed by atoms with Crippen molar-refractivity contribution in [3.63, 3.8) is 0 Å². The zero-order valence-corrected chi connectivity index (χ0v) is 22.0. The third-order valence-electron chi connectivity index (χ3n) is 7.24. The van der Waals surface area contributed by atoms with Crippen LogP contribution in [0.5, 0.6) is 0 Å². The predicted octanol–water partition coefficient (Wildman–Crippen LogP) is 4.40. The molecular weight excluding hydrogens is 478 g/mol. The minimum Gasteiger partial charge on any atom is -0.372 e. The van der Waals surface area contributed by atoms with Crippen LogP contribution in [0.1, 0.15) is 32.3 Å². The highest BCUT2D eigenvalue weighted by Gasteiger charge is 2.49. The van der Waals surface area contributed by atoms with E-state index in [0.717, 1.165) is 25.2 Å². The molecule has 3 fully saturated rings. The Balaban J connectivity index is 1.29. The van der Waals surface area contributed by atoms with Gasteiger partial charge in [-0.3, -0.25) is 4.79 Å². The van der Waals surface area contributed by atoms with Gasteiger partial charge in [-0.25, -0.2) is 8.42 Å². The Hall–Kier alpha value is -2.32. The van der Waals surface area contributed by atoms with Gasteiger partial charge in [0.05, 0.1) is 17.5 Å². The summed E-state index contributed by atoms with van der Waals surface area (Å²) in [5, 5.41) is 0.546. The van der Waals surface area contributed by atoms with Gasteiger partial charge in [0.15, 0.2) is 15.0 Å². The van der Waals surface area contributed by atoms with Crippen LogP contribution in [0.25, 0.3) is 0 Å². The fourth-order valence-corrected chi connectivity index (χ4v) is 9.18. The quantitative estimate of drug-likeness (QED) is 0.593. The molecule has 2 aromatic rings. The first-order valence-corrected chi connectivity index (χ1v) is 15.2. The Morgan fingerprint density at radius 3 is 2.31 bits per heavy atom. The van der Waals surface area contributed by atoms with Crippen LogP contribution in [0.3, 0.4) is 0 Å². The first kappa shape index (κ1) is 24.4. The van der Waals surface area contributed by atoms with Gasteiger partial charge in [0.25, 0.3) is 5.91 Å². The smallest absolute Gasteiger partial charge is 0.250 e. The van der Waals surface area contributed by atoms with Crippen molar-refractivity contribution < 1.29 is 13.2 Å². The number of carbonyl (C=O) groups is 1. The second-order valence-electron chi connectivity index (χ2n) is 10.2. The molecule has 0 aromatic heterocycles. The van der Waals surface area contributed by atoms with Gasteiger partial charge in [-0.05, 0) is 55.0 Å². The Morgan fingerprint density at radius 1 is 1.00 bits per heavy atom. The van der Waals surface area contributed by atoms with Crippen LogP contribution in [-0.4, -0.2) is 55.4 Å². The maximum Gasteiger partial charge on any atom is 0.250 e. The van der Waals surface area contributed by atoms with Crippen molar-refractivity contribution in [2.75, 3.05) is 34.4 Å². The number of amidine groups is 1. The van der Waals surface area contributed by atoms with Crippen molar-refractivity contribution in [2.24, 2.45) is 16.8 Å². The van der Waals surface area contributed by atoms with E-state index in [1.54, 1.807) is 0 Å². The number of benzene rings is 2. The average molecular weight is 512 g/mol. The van der Waals surface area contributed by atoms with Crippen molar-refractivity contribution in [1.29, 1.82) is 0 Å². The lowest BCUT2D eigenvalue weighted by Crippen LogP contribution is -2.38. The van der Waals surface area contributed by atoms with Crippen LogP contribution in [0.15, 0.2) is 59.6 Å². The number of thioether (sulfide) groups is 1. The second kappa shape index (κ2) is 9.97. The Bertz CT molecular complexity index is 1190. The molecule has 3 aliphatic rings. The van der Waals surface area contributed by atoms with E-state index in [1.807, 2.05) is 18.7 Å². The van der Waals surface area contributed by atoms with Crippen molar-refractivity contribution in [3.05, 3.63) is 60.2 Å². The molecule has 0 aliphatic carbocycles. The van der Waals surface area contributed by atoms with Crippen LogP contribution in [0.4, 0.5) is 11.4 Å². The lowest BCUT2D eigenvalue weighted by atomic mass is 9.90. The van der Waals surface area contributed by atoms with Crippen LogP contribution >= 0.6 is 11.8 Å². The summed E-state index contributed by atoms with van der Waals surface area (Å²) in [7, 11) is -3.08. The first-order chi connectivity index (χ1) is 16.8. The molecule has 0 spiro atoms. The summed E-state index contributed by atoms with van der Waals surface area (Å²) in [5.74, 6) is 0.602. The largest absolute Gasteiger partial charge is 0.372 e. The van der Waals surface area contributed by atoms with Crippen molar-refractivity contribution >= 4 is 44.0 Å².